The van der Waals surface area contributed by atoms with Gasteiger partial charge in [0.1, 0.15) is 5.82 Å². The van der Waals surface area contributed by atoms with E-state index in [4.69, 9.17) is 10.5 Å². The largest absolute Gasteiger partial charge is 0.382 e. The van der Waals surface area contributed by atoms with Crippen LogP contribution in [0.3, 0.4) is 0 Å². The summed E-state index contributed by atoms with van der Waals surface area (Å²) in [6.07, 6.45) is 5.44. The number of nitrogens with one attached hydrogen (secondary N) is 2. The number of nitrogens with zero attached hydrogens (tertiary/aromatic N) is 3. The number of primary amides is 1. The monoisotopic (exact) mass is 518 g/mol. The number of piperidine rings is 1. The van der Waals surface area contributed by atoms with Crippen molar-refractivity contribution in [2.24, 2.45) is 16.6 Å². The Bertz CT molecular complexity index is 635. The highest BCUT2D eigenvalue weighted by Gasteiger charge is 2.24. The molecule has 1 aliphatic rings. The minimum absolute atomic E-state index is 0. The quantitative estimate of drug-likeness (QED) is 0.189. The van der Waals surface area contributed by atoms with Crippen molar-refractivity contribution in [3.8, 4) is 0 Å². The van der Waals surface area contributed by atoms with E-state index in [1.165, 1.54) is 0 Å². The van der Waals surface area contributed by atoms with Gasteiger partial charge in [-0.05, 0) is 38.7 Å². The Morgan fingerprint density at radius 3 is 2.76 bits per heavy atom. The molecule has 4 N–H and O–H groups in total. The molecule has 1 aliphatic heterocycles. The van der Waals surface area contributed by atoms with Crippen LogP contribution in [0.25, 0.3) is 0 Å². The standard InChI is InChI=1S/C20H34N6O2.HI/c1-3-28-14-5-4-10-24-20(22-2)25-15-17-7-6-11-23-19(17)26-12-8-16(9-13-26)18(21)27;/h6-7,11,16H,3-5,8-10,12-15H2,1-2H3,(H2,21,27)(H2,22,24,25);1H. The first-order valence-electron chi connectivity index (χ1n) is 10.2. The molecule has 0 bridgehead atoms. The van der Waals surface area contributed by atoms with Crippen LogP contribution in [0, 0.1) is 5.92 Å². The second kappa shape index (κ2) is 14.4. The van der Waals surface area contributed by atoms with Gasteiger partial charge in [0.15, 0.2) is 5.96 Å². The lowest BCUT2D eigenvalue weighted by Crippen LogP contribution is -2.40. The third-order valence-corrected chi connectivity index (χ3v) is 4.95. The lowest BCUT2D eigenvalue weighted by atomic mass is 9.96. The first-order valence-corrected chi connectivity index (χ1v) is 10.2. The lowest BCUT2D eigenvalue weighted by Gasteiger charge is -2.32. The molecule has 1 fully saturated rings. The van der Waals surface area contributed by atoms with Crippen LogP contribution in [0.4, 0.5) is 5.82 Å². The van der Waals surface area contributed by atoms with Gasteiger partial charge in [0.25, 0.3) is 0 Å². The summed E-state index contributed by atoms with van der Waals surface area (Å²) < 4.78 is 5.35. The van der Waals surface area contributed by atoms with E-state index in [2.05, 4.69) is 31.6 Å². The molecule has 164 valence electrons. The Morgan fingerprint density at radius 1 is 1.34 bits per heavy atom. The van der Waals surface area contributed by atoms with Crippen LogP contribution in [0.15, 0.2) is 23.3 Å². The highest BCUT2D eigenvalue weighted by Crippen LogP contribution is 2.24. The zero-order valence-electron chi connectivity index (χ0n) is 17.5. The number of ether oxygens (including phenoxy) is 1. The van der Waals surface area contributed by atoms with Crippen molar-refractivity contribution in [2.75, 3.05) is 44.8 Å². The number of nitrogens with two attached hydrogens (primary N) is 1. The predicted octanol–water partition coefficient (Wildman–Crippen LogP) is 1.88. The number of rotatable bonds is 10. The maximum absolute atomic E-state index is 11.4. The predicted molar refractivity (Wildman–Crippen MR) is 128 cm³/mol. The van der Waals surface area contributed by atoms with Crippen molar-refractivity contribution in [3.63, 3.8) is 0 Å². The molecule has 0 aromatic carbocycles. The normalized spacial score (nSPS) is 15.0. The van der Waals surface area contributed by atoms with Gasteiger partial charge in [0.05, 0.1) is 0 Å². The Hall–Kier alpha value is -1.62. The van der Waals surface area contributed by atoms with E-state index in [9.17, 15) is 4.79 Å². The van der Waals surface area contributed by atoms with Crippen LogP contribution >= 0.6 is 24.0 Å². The molecule has 1 saturated heterocycles. The lowest BCUT2D eigenvalue weighted by molar-refractivity contribution is -0.122. The zero-order chi connectivity index (χ0) is 20.2. The maximum Gasteiger partial charge on any atom is 0.220 e. The van der Waals surface area contributed by atoms with Gasteiger partial charge in [-0.2, -0.15) is 0 Å². The highest BCUT2D eigenvalue weighted by molar-refractivity contribution is 14.0. The topological polar surface area (TPSA) is 105 Å². The number of hydrogen-bond donors (Lipinski definition) is 3. The van der Waals surface area contributed by atoms with E-state index >= 15 is 0 Å². The second-order valence-electron chi connectivity index (χ2n) is 6.91. The average molecular weight is 518 g/mol. The smallest absolute Gasteiger partial charge is 0.220 e. The molecule has 0 saturated carbocycles. The van der Waals surface area contributed by atoms with Crippen molar-refractivity contribution >= 4 is 41.7 Å². The van der Waals surface area contributed by atoms with E-state index < -0.39 is 0 Å². The number of unbranched alkanes of at least 4 members (excludes halogenated alkanes) is 1. The van der Waals surface area contributed by atoms with Crippen molar-refractivity contribution in [3.05, 3.63) is 23.9 Å². The minimum Gasteiger partial charge on any atom is -0.382 e. The summed E-state index contributed by atoms with van der Waals surface area (Å²) in [5.74, 6) is 1.52. The van der Waals surface area contributed by atoms with Crippen LogP contribution < -0.4 is 21.3 Å². The Balaban J connectivity index is 0.00000420. The first-order chi connectivity index (χ1) is 13.7. The summed E-state index contributed by atoms with van der Waals surface area (Å²) in [5.41, 5.74) is 6.55. The van der Waals surface area contributed by atoms with Gasteiger partial charge in [0.2, 0.25) is 5.91 Å². The van der Waals surface area contributed by atoms with Crippen LogP contribution in [-0.4, -0.2) is 56.7 Å². The van der Waals surface area contributed by atoms with E-state index in [1.54, 1.807) is 7.05 Å². The number of carbonyl (C=O) groups is 1. The molecule has 0 unspecified atom stereocenters. The average Bonchev–Trinajstić information content (AvgIpc) is 2.73. The number of pyridine rings is 1. The van der Waals surface area contributed by atoms with E-state index in [-0.39, 0.29) is 35.8 Å². The molecule has 1 aromatic heterocycles. The molecule has 29 heavy (non-hydrogen) atoms. The summed E-state index contributed by atoms with van der Waals surface area (Å²) in [7, 11) is 1.77. The number of amides is 1. The van der Waals surface area contributed by atoms with Gasteiger partial charge >= 0.3 is 0 Å². The van der Waals surface area contributed by atoms with Crippen molar-refractivity contribution in [2.45, 2.75) is 39.2 Å². The second-order valence-corrected chi connectivity index (χ2v) is 6.91. The Kier molecular flexibility index (Phi) is 12.6. The van der Waals surface area contributed by atoms with Crippen LogP contribution in [0.5, 0.6) is 0 Å². The molecule has 2 rings (SSSR count). The van der Waals surface area contributed by atoms with E-state index in [0.29, 0.717) is 6.54 Å². The molecule has 0 spiro atoms. The minimum atomic E-state index is -0.196. The molecular formula is C20H35IN6O2. The summed E-state index contributed by atoms with van der Waals surface area (Å²) in [6, 6.07) is 4.02. The van der Waals surface area contributed by atoms with Crippen molar-refractivity contribution in [1.82, 2.24) is 15.6 Å². The first kappa shape index (κ1) is 25.4. The molecule has 1 amide bonds. The van der Waals surface area contributed by atoms with Gasteiger partial charge < -0.3 is 26.0 Å². The summed E-state index contributed by atoms with van der Waals surface area (Å²) in [5, 5.41) is 6.69. The fraction of sp³-hybridized carbons (Fsp3) is 0.650. The fourth-order valence-electron chi connectivity index (χ4n) is 3.31. The molecule has 0 radical (unpaired) electrons. The van der Waals surface area contributed by atoms with Gasteiger partial charge in [-0.3, -0.25) is 9.79 Å². The number of anilines is 1. The summed E-state index contributed by atoms with van der Waals surface area (Å²) >= 11 is 0. The van der Waals surface area contributed by atoms with Gasteiger partial charge in [-0.15, -0.1) is 24.0 Å². The molecule has 9 heteroatoms. The number of carbonyl (C=O) groups excluding carboxylic acids is 1. The number of aromatic nitrogens is 1. The highest BCUT2D eigenvalue weighted by atomic mass is 127. The van der Waals surface area contributed by atoms with Crippen LogP contribution in [-0.2, 0) is 16.1 Å². The molecule has 8 nitrogen and oxygen atoms in total. The molecule has 0 atom stereocenters. The summed E-state index contributed by atoms with van der Waals surface area (Å²) in [4.78, 5) is 22.5. The number of hydrogen-bond acceptors (Lipinski definition) is 5. The van der Waals surface area contributed by atoms with E-state index in [0.717, 1.165) is 75.9 Å². The molecule has 0 aliphatic carbocycles. The van der Waals surface area contributed by atoms with Crippen LogP contribution in [0.2, 0.25) is 0 Å². The maximum atomic E-state index is 11.4. The number of halogens is 1. The zero-order valence-corrected chi connectivity index (χ0v) is 19.9. The molecule has 1 aromatic rings. The third-order valence-electron chi connectivity index (χ3n) is 4.95. The van der Waals surface area contributed by atoms with Crippen molar-refractivity contribution < 1.29 is 9.53 Å². The number of guanidine groups is 1. The summed E-state index contributed by atoms with van der Waals surface area (Å²) in [6.45, 7) is 6.66. The van der Waals surface area contributed by atoms with Gasteiger partial charge in [-0.25, -0.2) is 4.98 Å². The fourth-order valence-corrected chi connectivity index (χ4v) is 3.31. The molecule has 2 heterocycles. The van der Waals surface area contributed by atoms with E-state index in [1.807, 2.05) is 19.2 Å². The van der Waals surface area contributed by atoms with Crippen LogP contribution in [0.1, 0.15) is 38.2 Å². The molecular weight excluding hydrogens is 483 g/mol. The third kappa shape index (κ3) is 8.73. The Morgan fingerprint density at radius 2 is 2.10 bits per heavy atom. The Labute approximate surface area is 191 Å². The number of aliphatic imine (C=N–C) groups is 1. The van der Waals surface area contributed by atoms with Gasteiger partial charge in [0, 0.05) is 64.1 Å². The van der Waals surface area contributed by atoms with Gasteiger partial charge in [-0.1, -0.05) is 6.07 Å². The van der Waals surface area contributed by atoms with Crippen molar-refractivity contribution in [1.29, 1.82) is 0 Å². The SMILES string of the molecule is CCOCCCCNC(=NC)NCc1cccnc1N1CCC(C(N)=O)CC1.I.